The molecule has 1 aromatic heterocycles. The van der Waals surface area contributed by atoms with Gasteiger partial charge in [0.25, 0.3) is 0 Å². The molecule has 0 saturated heterocycles. The lowest BCUT2D eigenvalue weighted by molar-refractivity contribution is 0.0696. The topological polar surface area (TPSA) is 50.2 Å². The second kappa shape index (κ2) is 5.78. The van der Waals surface area contributed by atoms with Crippen LogP contribution in [0.4, 0.5) is 0 Å². The summed E-state index contributed by atoms with van der Waals surface area (Å²) < 4.78 is 0. The number of pyridine rings is 1. The number of halogens is 1. The molecule has 0 atom stereocenters. The summed E-state index contributed by atoms with van der Waals surface area (Å²) in [5.41, 5.74) is 2.77. The number of hydrogen-bond donors (Lipinski definition) is 1. The number of aromatic carboxylic acids is 1. The van der Waals surface area contributed by atoms with E-state index < -0.39 is 5.97 Å². The van der Waals surface area contributed by atoms with Crippen molar-refractivity contribution in [2.75, 3.05) is 5.75 Å². The SMILES string of the molecule is C/C(=C/Cl)CSc1ccc(C(=O)O)cn1. The van der Waals surface area contributed by atoms with Crippen LogP contribution in [0.2, 0.25) is 0 Å². The lowest BCUT2D eigenvalue weighted by atomic mass is 10.3. The summed E-state index contributed by atoms with van der Waals surface area (Å²) >= 11 is 7.03. The standard InChI is InChI=1S/C10H10ClNO2S/c1-7(4-11)6-15-9-3-2-8(5-12-9)10(13)14/h2-5H,6H2,1H3,(H,13,14)/b7-4-. The van der Waals surface area contributed by atoms with Gasteiger partial charge in [-0.25, -0.2) is 9.78 Å². The molecule has 0 aliphatic rings. The number of carboxylic acid groups (broad SMARTS) is 1. The third-order valence-electron chi connectivity index (χ3n) is 1.62. The molecule has 0 fully saturated rings. The highest BCUT2D eigenvalue weighted by Crippen LogP contribution is 2.18. The average Bonchev–Trinajstić information content (AvgIpc) is 2.26. The Kier molecular flexibility index (Phi) is 4.65. The number of nitrogens with zero attached hydrogens (tertiary/aromatic N) is 1. The first kappa shape index (κ1) is 12.1. The second-order valence-electron chi connectivity index (χ2n) is 2.93. The Morgan fingerprint density at radius 1 is 1.67 bits per heavy atom. The Labute approximate surface area is 97.2 Å². The Balaban J connectivity index is 2.61. The van der Waals surface area contributed by atoms with Crippen molar-refractivity contribution >= 4 is 29.3 Å². The quantitative estimate of drug-likeness (QED) is 0.826. The van der Waals surface area contributed by atoms with Gasteiger partial charge >= 0.3 is 5.97 Å². The number of rotatable bonds is 4. The van der Waals surface area contributed by atoms with Crippen molar-refractivity contribution in [2.24, 2.45) is 0 Å². The van der Waals surface area contributed by atoms with E-state index in [1.165, 1.54) is 29.6 Å². The van der Waals surface area contributed by atoms with Gasteiger partial charge in [0.15, 0.2) is 0 Å². The van der Waals surface area contributed by atoms with E-state index in [0.29, 0.717) is 0 Å². The van der Waals surface area contributed by atoms with E-state index in [0.717, 1.165) is 16.4 Å². The second-order valence-corrected chi connectivity index (χ2v) is 4.15. The van der Waals surface area contributed by atoms with E-state index >= 15 is 0 Å². The van der Waals surface area contributed by atoms with Crippen LogP contribution in [-0.4, -0.2) is 21.8 Å². The first-order chi connectivity index (χ1) is 7.13. The normalized spacial score (nSPS) is 11.5. The zero-order valence-electron chi connectivity index (χ0n) is 8.11. The van der Waals surface area contributed by atoms with Crippen molar-refractivity contribution in [1.29, 1.82) is 0 Å². The third kappa shape index (κ3) is 3.93. The van der Waals surface area contributed by atoms with Crippen LogP contribution in [0.3, 0.4) is 0 Å². The van der Waals surface area contributed by atoms with Crippen LogP contribution in [0.5, 0.6) is 0 Å². The lowest BCUT2D eigenvalue weighted by Crippen LogP contribution is -1.96. The molecule has 0 amide bonds. The molecule has 0 radical (unpaired) electrons. The van der Waals surface area contributed by atoms with Crippen LogP contribution in [0.15, 0.2) is 34.5 Å². The molecule has 3 nitrogen and oxygen atoms in total. The molecular weight excluding hydrogens is 234 g/mol. The maximum atomic E-state index is 10.6. The van der Waals surface area contributed by atoms with Gasteiger partial charge in [-0.2, -0.15) is 0 Å². The summed E-state index contributed by atoms with van der Waals surface area (Å²) in [5.74, 6) is -0.209. The van der Waals surface area contributed by atoms with E-state index in [-0.39, 0.29) is 5.56 Å². The fourth-order valence-corrected chi connectivity index (χ4v) is 1.73. The minimum atomic E-state index is -0.962. The van der Waals surface area contributed by atoms with Crippen molar-refractivity contribution in [1.82, 2.24) is 4.98 Å². The Bertz CT molecular complexity index is 376. The molecule has 0 unspecified atom stereocenters. The summed E-state index contributed by atoms with van der Waals surface area (Å²) in [4.78, 5) is 14.6. The maximum Gasteiger partial charge on any atom is 0.337 e. The predicted molar refractivity (Wildman–Crippen MR) is 61.5 cm³/mol. The molecule has 1 aromatic rings. The molecule has 1 heterocycles. The molecular formula is C10H10ClNO2S. The highest BCUT2D eigenvalue weighted by atomic mass is 35.5. The lowest BCUT2D eigenvalue weighted by Gasteiger charge is -2.00. The van der Waals surface area contributed by atoms with Gasteiger partial charge in [0, 0.05) is 17.5 Å². The Morgan fingerprint density at radius 3 is 2.87 bits per heavy atom. The van der Waals surface area contributed by atoms with Crippen LogP contribution < -0.4 is 0 Å². The van der Waals surface area contributed by atoms with Gasteiger partial charge < -0.3 is 5.11 Å². The molecule has 1 N–H and O–H groups in total. The third-order valence-corrected chi connectivity index (χ3v) is 3.13. The predicted octanol–water partition coefficient (Wildman–Crippen LogP) is 3.01. The largest absolute Gasteiger partial charge is 0.478 e. The Hall–Kier alpha value is -1.00. The fraction of sp³-hybridized carbons (Fsp3) is 0.200. The highest BCUT2D eigenvalue weighted by Gasteiger charge is 2.03. The van der Waals surface area contributed by atoms with Crippen LogP contribution >= 0.6 is 23.4 Å². The molecule has 15 heavy (non-hydrogen) atoms. The van der Waals surface area contributed by atoms with Gasteiger partial charge in [0.1, 0.15) is 0 Å². The van der Waals surface area contributed by atoms with Gasteiger partial charge in [-0.3, -0.25) is 0 Å². The van der Waals surface area contributed by atoms with Crippen molar-refractivity contribution in [2.45, 2.75) is 11.9 Å². The van der Waals surface area contributed by atoms with Crippen molar-refractivity contribution < 1.29 is 9.90 Å². The minimum Gasteiger partial charge on any atom is -0.478 e. The Morgan fingerprint density at radius 2 is 2.40 bits per heavy atom. The summed E-state index contributed by atoms with van der Waals surface area (Å²) in [5, 5.41) is 9.45. The number of aromatic nitrogens is 1. The van der Waals surface area contributed by atoms with Gasteiger partial charge in [-0.15, -0.1) is 11.8 Å². The molecule has 0 aliphatic heterocycles. The van der Waals surface area contributed by atoms with Crippen molar-refractivity contribution in [3.05, 3.63) is 35.0 Å². The van der Waals surface area contributed by atoms with E-state index in [4.69, 9.17) is 16.7 Å². The molecule has 0 saturated carbocycles. The molecule has 0 bridgehead atoms. The van der Waals surface area contributed by atoms with Gasteiger partial charge in [-0.1, -0.05) is 17.2 Å². The number of thioether (sulfide) groups is 1. The van der Waals surface area contributed by atoms with E-state index in [2.05, 4.69) is 4.98 Å². The molecule has 0 aromatic carbocycles. The van der Waals surface area contributed by atoms with Crippen LogP contribution in [0, 0.1) is 0 Å². The maximum absolute atomic E-state index is 10.6. The molecule has 1 rings (SSSR count). The number of carbonyl (C=O) groups is 1. The van der Waals surface area contributed by atoms with E-state index in [9.17, 15) is 4.79 Å². The average molecular weight is 244 g/mol. The summed E-state index contributed by atoms with van der Waals surface area (Å²) in [7, 11) is 0. The monoisotopic (exact) mass is 243 g/mol. The van der Waals surface area contributed by atoms with Crippen LogP contribution in [-0.2, 0) is 0 Å². The van der Waals surface area contributed by atoms with E-state index in [1.807, 2.05) is 6.92 Å². The minimum absolute atomic E-state index is 0.198. The molecule has 5 heteroatoms. The first-order valence-electron chi connectivity index (χ1n) is 4.21. The molecule has 0 spiro atoms. The molecule has 80 valence electrons. The van der Waals surface area contributed by atoms with Crippen LogP contribution in [0.25, 0.3) is 0 Å². The summed E-state index contributed by atoms with van der Waals surface area (Å²) in [6.45, 7) is 1.92. The smallest absolute Gasteiger partial charge is 0.337 e. The molecule has 0 aliphatic carbocycles. The number of hydrogen-bond acceptors (Lipinski definition) is 3. The first-order valence-corrected chi connectivity index (χ1v) is 5.63. The van der Waals surface area contributed by atoms with Gasteiger partial charge in [0.05, 0.1) is 10.6 Å². The zero-order valence-corrected chi connectivity index (χ0v) is 9.68. The van der Waals surface area contributed by atoms with Gasteiger partial charge in [-0.05, 0) is 19.1 Å². The van der Waals surface area contributed by atoms with Crippen molar-refractivity contribution in [3.8, 4) is 0 Å². The fourth-order valence-electron chi connectivity index (χ4n) is 0.811. The zero-order chi connectivity index (χ0) is 11.3. The highest BCUT2D eigenvalue weighted by molar-refractivity contribution is 7.99. The summed E-state index contributed by atoms with van der Waals surface area (Å²) in [6, 6.07) is 3.23. The summed E-state index contributed by atoms with van der Waals surface area (Å²) in [6.07, 6.45) is 1.35. The van der Waals surface area contributed by atoms with E-state index in [1.54, 1.807) is 6.07 Å². The number of carboxylic acids is 1. The van der Waals surface area contributed by atoms with Gasteiger partial charge in [0.2, 0.25) is 0 Å². The van der Waals surface area contributed by atoms with Crippen LogP contribution in [0.1, 0.15) is 17.3 Å². The van der Waals surface area contributed by atoms with Crippen molar-refractivity contribution in [3.63, 3.8) is 0 Å².